The van der Waals surface area contributed by atoms with Crippen molar-refractivity contribution in [2.75, 3.05) is 13.1 Å². The maximum absolute atomic E-state index is 12.8. The molecule has 0 fully saturated rings. The third-order valence-corrected chi connectivity index (χ3v) is 5.72. The van der Waals surface area contributed by atoms with Crippen LogP contribution in [0.25, 0.3) is 11.3 Å². The molecule has 0 unspecified atom stereocenters. The quantitative estimate of drug-likeness (QED) is 0.606. The van der Waals surface area contributed by atoms with Gasteiger partial charge in [0.15, 0.2) is 5.76 Å². The predicted molar refractivity (Wildman–Crippen MR) is 108 cm³/mol. The molecule has 0 spiro atoms. The Morgan fingerprint density at radius 1 is 1.03 bits per heavy atom. The highest BCUT2D eigenvalue weighted by Gasteiger charge is 2.37. The van der Waals surface area contributed by atoms with Crippen molar-refractivity contribution in [3.05, 3.63) is 75.9 Å². The predicted octanol–water partition coefficient (Wildman–Crippen LogP) is 3.18. The first-order chi connectivity index (χ1) is 14.5. The fourth-order valence-electron chi connectivity index (χ4n) is 3.89. The second-order valence-corrected chi connectivity index (χ2v) is 7.69. The van der Waals surface area contributed by atoms with Gasteiger partial charge in [-0.3, -0.25) is 19.3 Å². The zero-order valence-electron chi connectivity index (χ0n) is 15.8. The van der Waals surface area contributed by atoms with Gasteiger partial charge >= 0.3 is 0 Å². The summed E-state index contributed by atoms with van der Waals surface area (Å²) >= 11 is 5.95. The fraction of sp³-hybridized carbons (Fsp3) is 0.182. The number of imide groups is 1. The number of fused-ring (bicyclic) bond motifs is 2. The summed E-state index contributed by atoms with van der Waals surface area (Å²) in [7, 11) is 0. The number of rotatable bonds is 3. The van der Waals surface area contributed by atoms with Gasteiger partial charge in [0, 0.05) is 22.7 Å². The van der Waals surface area contributed by atoms with E-state index in [2.05, 4.69) is 5.16 Å². The van der Waals surface area contributed by atoms with E-state index in [-0.39, 0.29) is 19.0 Å². The molecule has 2 aromatic carbocycles. The van der Waals surface area contributed by atoms with Crippen molar-refractivity contribution < 1.29 is 18.9 Å². The van der Waals surface area contributed by atoms with E-state index in [1.54, 1.807) is 41.3 Å². The van der Waals surface area contributed by atoms with Gasteiger partial charge in [-0.2, -0.15) is 0 Å². The van der Waals surface area contributed by atoms with E-state index in [0.717, 1.165) is 16.0 Å². The Bertz CT molecular complexity index is 1150. The molecule has 30 heavy (non-hydrogen) atoms. The van der Waals surface area contributed by atoms with Gasteiger partial charge in [0.2, 0.25) is 5.91 Å². The van der Waals surface area contributed by atoms with Crippen LogP contribution in [0.15, 0.2) is 53.1 Å². The van der Waals surface area contributed by atoms with Crippen molar-refractivity contribution in [3.63, 3.8) is 0 Å². The second-order valence-electron chi connectivity index (χ2n) is 7.25. The van der Waals surface area contributed by atoms with Crippen LogP contribution in [0, 0.1) is 0 Å². The Hall–Kier alpha value is -3.45. The van der Waals surface area contributed by atoms with Crippen LogP contribution in [-0.2, 0) is 17.8 Å². The zero-order valence-corrected chi connectivity index (χ0v) is 16.6. The largest absolute Gasteiger partial charge is 0.356 e. The molecule has 0 saturated heterocycles. The molecule has 8 heteroatoms. The molecule has 3 heterocycles. The van der Waals surface area contributed by atoms with Crippen molar-refractivity contribution in [1.29, 1.82) is 0 Å². The van der Waals surface area contributed by atoms with E-state index in [4.69, 9.17) is 16.1 Å². The van der Waals surface area contributed by atoms with Crippen molar-refractivity contribution in [2.24, 2.45) is 0 Å². The molecule has 2 aliphatic rings. The molecule has 0 bridgehead atoms. The summed E-state index contributed by atoms with van der Waals surface area (Å²) in [5.41, 5.74) is 3.18. The topological polar surface area (TPSA) is 83.7 Å². The molecular formula is C22H16ClN3O4. The summed E-state index contributed by atoms with van der Waals surface area (Å²) in [4.78, 5) is 40.4. The average Bonchev–Trinajstić information content (AvgIpc) is 3.29. The first-order valence-electron chi connectivity index (χ1n) is 9.49. The van der Waals surface area contributed by atoms with E-state index in [1.165, 1.54) is 0 Å². The fourth-order valence-corrected chi connectivity index (χ4v) is 4.02. The van der Waals surface area contributed by atoms with Crippen LogP contribution in [0.3, 0.4) is 0 Å². The average molecular weight is 422 g/mol. The number of amides is 3. The molecule has 2 aliphatic heterocycles. The molecule has 0 aliphatic carbocycles. The van der Waals surface area contributed by atoms with Gasteiger partial charge in [-0.05, 0) is 42.8 Å². The molecule has 150 valence electrons. The molecular weight excluding hydrogens is 406 g/mol. The summed E-state index contributed by atoms with van der Waals surface area (Å²) in [5.74, 6) is -0.499. The molecule has 0 N–H and O–H groups in total. The minimum absolute atomic E-state index is 0.272. The van der Waals surface area contributed by atoms with Gasteiger partial charge in [0.25, 0.3) is 11.8 Å². The Labute approximate surface area is 176 Å². The van der Waals surface area contributed by atoms with E-state index >= 15 is 0 Å². The minimum Gasteiger partial charge on any atom is -0.356 e. The van der Waals surface area contributed by atoms with Gasteiger partial charge < -0.3 is 9.42 Å². The van der Waals surface area contributed by atoms with Crippen molar-refractivity contribution in [2.45, 2.75) is 13.0 Å². The lowest BCUT2D eigenvalue weighted by atomic mass is 10.0. The molecule has 3 aromatic rings. The molecule has 7 nitrogen and oxygen atoms in total. The highest BCUT2D eigenvalue weighted by atomic mass is 35.5. The third-order valence-electron chi connectivity index (χ3n) is 5.47. The summed E-state index contributed by atoms with van der Waals surface area (Å²) in [6, 6.07) is 13.9. The SMILES string of the molecule is O=C(CN1C(=O)c2ccccc2C1=O)N1CCc2c(noc2-c2ccc(Cl)cc2)C1. The number of carbonyl (C=O) groups is 3. The Morgan fingerprint density at radius 3 is 2.37 bits per heavy atom. The number of nitrogens with zero attached hydrogens (tertiary/aromatic N) is 3. The lowest BCUT2D eigenvalue weighted by Crippen LogP contribution is -2.44. The van der Waals surface area contributed by atoms with Crippen LogP contribution in [-0.4, -0.2) is 45.8 Å². The van der Waals surface area contributed by atoms with Gasteiger partial charge in [-0.25, -0.2) is 0 Å². The molecule has 0 saturated carbocycles. The van der Waals surface area contributed by atoms with Crippen LogP contribution in [0.4, 0.5) is 0 Å². The van der Waals surface area contributed by atoms with Crippen LogP contribution < -0.4 is 0 Å². The smallest absolute Gasteiger partial charge is 0.262 e. The standard InChI is InChI=1S/C22H16ClN3O4/c23-14-7-5-13(6-8-14)20-17-9-10-25(11-18(17)24-30-20)19(27)12-26-21(28)15-3-1-2-4-16(15)22(26)29/h1-8H,9-12H2. The third kappa shape index (κ3) is 2.98. The second kappa shape index (κ2) is 7.11. The van der Waals surface area contributed by atoms with E-state index in [9.17, 15) is 14.4 Å². The van der Waals surface area contributed by atoms with Crippen LogP contribution in [0.1, 0.15) is 32.0 Å². The maximum Gasteiger partial charge on any atom is 0.262 e. The van der Waals surface area contributed by atoms with Crippen molar-refractivity contribution in [3.8, 4) is 11.3 Å². The zero-order chi connectivity index (χ0) is 20.8. The molecule has 3 amide bonds. The first-order valence-corrected chi connectivity index (χ1v) is 9.87. The van der Waals surface area contributed by atoms with E-state index in [0.29, 0.717) is 40.6 Å². The summed E-state index contributed by atoms with van der Waals surface area (Å²) in [5, 5.41) is 4.77. The number of aromatic nitrogens is 1. The molecule has 0 atom stereocenters. The van der Waals surface area contributed by atoms with Gasteiger partial charge in [0.05, 0.1) is 17.7 Å². The summed E-state index contributed by atoms with van der Waals surface area (Å²) in [6.45, 7) is 0.439. The Morgan fingerprint density at radius 2 is 1.70 bits per heavy atom. The first kappa shape index (κ1) is 18.6. The Balaban J connectivity index is 1.31. The molecule has 1 aromatic heterocycles. The van der Waals surface area contributed by atoms with E-state index < -0.39 is 11.8 Å². The summed E-state index contributed by atoms with van der Waals surface area (Å²) in [6.07, 6.45) is 0.574. The number of carbonyl (C=O) groups excluding carboxylic acids is 3. The van der Waals surface area contributed by atoms with Crippen molar-refractivity contribution in [1.82, 2.24) is 15.0 Å². The Kier molecular flexibility index (Phi) is 4.40. The van der Waals surface area contributed by atoms with Crippen LogP contribution in [0.2, 0.25) is 5.02 Å². The minimum atomic E-state index is -0.437. The van der Waals surface area contributed by atoms with Gasteiger partial charge in [-0.15, -0.1) is 0 Å². The lowest BCUT2D eigenvalue weighted by Gasteiger charge is -2.27. The van der Waals surface area contributed by atoms with Crippen LogP contribution >= 0.6 is 11.6 Å². The highest BCUT2D eigenvalue weighted by molar-refractivity contribution is 6.30. The number of benzene rings is 2. The summed E-state index contributed by atoms with van der Waals surface area (Å²) < 4.78 is 5.53. The van der Waals surface area contributed by atoms with Crippen LogP contribution in [0.5, 0.6) is 0 Å². The van der Waals surface area contributed by atoms with Gasteiger partial charge in [0.1, 0.15) is 12.2 Å². The molecule has 5 rings (SSSR count). The number of halogens is 1. The molecule has 0 radical (unpaired) electrons. The highest BCUT2D eigenvalue weighted by Crippen LogP contribution is 2.31. The van der Waals surface area contributed by atoms with Gasteiger partial charge in [-0.1, -0.05) is 28.9 Å². The van der Waals surface area contributed by atoms with E-state index in [1.807, 2.05) is 12.1 Å². The maximum atomic E-state index is 12.8. The van der Waals surface area contributed by atoms with Crippen molar-refractivity contribution >= 4 is 29.3 Å². The number of hydrogen-bond donors (Lipinski definition) is 0. The lowest BCUT2D eigenvalue weighted by molar-refractivity contribution is -0.132. The monoisotopic (exact) mass is 421 g/mol. The number of hydrogen-bond acceptors (Lipinski definition) is 5. The normalized spacial score (nSPS) is 15.4.